The Morgan fingerprint density at radius 3 is 2.55 bits per heavy atom. The number of hydrogen-bond donors (Lipinski definition) is 1. The molecule has 0 bridgehead atoms. The lowest BCUT2D eigenvalue weighted by atomic mass is 10.0. The van der Waals surface area contributed by atoms with Crippen LogP contribution >= 0.6 is 0 Å². The second-order valence-corrected chi connectivity index (χ2v) is 5.49. The monoisotopic (exact) mass is 274 g/mol. The molecular weight excluding hydrogens is 252 g/mol. The summed E-state index contributed by atoms with van der Waals surface area (Å²) in [6.07, 6.45) is -0.493. The Labute approximate surface area is 120 Å². The number of benzene rings is 1. The maximum Gasteiger partial charge on any atom is 0.133 e. The van der Waals surface area contributed by atoms with Crippen molar-refractivity contribution in [2.45, 2.75) is 33.4 Å². The third kappa shape index (κ3) is 3.68. The second-order valence-electron chi connectivity index (χ2n) is 5.49. The Kier molecular flexibility index (Phi) is 4.57. The summed E-state index contributed by atoms with van der Waals surface area (Å²) in [5.74, 6) is 0.808. The van der Waals surface area contributed by atoms with Gasteiger partial charge in [-0.3, -0.25) is 4.90 Å². The van der Waals surface area contributed by atoms with Crippen LogP contribution in [0.1, 0.15) is 34.2 Å². The van der Waals surface area contributed by atoms with Crippen LogP contribution in [0.5, 0.6) is 0 Å². The molecular formula is C16H22N2O2. The number of likely N-dealkylation sites (N-methyl/N-ethyl adjacent to an activating group) is 1. The van der Waals surface area contributed by atoms with Crippen LogP contribution in [0.15, 0.2) is 28.8 Å². The van der Waals surface area contributed by atoms with Crippen molar-refractivity contribution in [3.63, 3.8) is 0 Å². The van der Waals surface area contributed by atoms with Gasteiger partial charge in [0.15, 0.2) is 0 Å². The minimum atomic E-state index is -0.493. The van der Waals surface area contributed by atoms with E-state index in [4.69, 9.17) is 4.52 Å². The molecule has 1 atom stereocenters. The van der Waals surface area contributed by atoms with Gasteiger partial charge in [0.1, 0.15) is 5.76 Å². The lowest BCUT2D eigenvalue weighted by Crippen LogP contribution is -2.24. The summed E-state index contributed by atoms with van der Waals surface area (Å²) in [6, 6.07) is 8.00. The van der Waals surface area contributed by atoms with Crippen molar-refractivity contribution in [1.29, 1.82) is 0 Å². The van der Waals surface area contributed by atoms with Gasteiger partial charge in [-0.2, -0.15) is 0 Å². The molecule has 0 aliphatic rings. The van der Waals surface area contributed by atoms with E-state index >= 15 is 0 Å². The average Bonchev–Trinajstić information content (AvgIpc) is 2.77. The first kappa shape index (κ1) is 14.8. The molecule has 0 saturated carbocycles. The number of aryl methyl sites for hydroxylation is 3. The Morgan fingerprint density at radius 1 is 1.20 bits per heavy atom. The lowest BCUT2D eigenvalue weighted by Gasteiger charge is -2.20. The fourth-order valence-corrected chi connectivity index (χ4v) is 2.21. The van der Waals surface area contributed by atoms with Gasteiger partial charge in [-0.25, -0.2) is 0 Å². The van der Waals surface area contributed by atoms with Gasteiger partial charge in [-0.15, -0.1) is 0 Å². The fraction of sp³-hybridized carbons (Fsp3) is 0.438. The molecule has 1 aromatic heterocycles. The van der Waals surface area contributed by atoms with Crippen molar-refractivity contribution in [3.8, 4) is 0 Å². The third-order valence-corrected chi connectivity index (χ3v) is 3.51. The molecule has 108 valence electrons. The summed E-state index contributed by atoms with van der Waals surface area (Å²) in [7, 11) is 1.97. The second kappa shape index (κ2) is 6.20. The maximum absolute atomic E-state index is 10.3. The van der Waals surface area contributed by atoms with Gasteiger partial charge in [-0.1, -0.05) is 23.4 Å². The summed E-state index contributed by atoms with van der Waals surface area (Å²) in [5, 5.41) is 14.3. The summed E-state index contributed by atoms with van der Waals surface area (Å²) < 4.78 is 5.04. The first-order chi connectivity index (χ1) is 9.45. The van der Waals surface area contributed by atoms with Crippen LogP contribution in [0.2, 0.25) is 0 Å². The molecule has 0 spiro atoms. The first-order valence-corrected chi connectivity index (χ1v) is 6.81. The van der Waals surface area contributed by atoms with Gasteiger partial charge in [0.2, 0.25) is 0 Å². The molecule has 0 radical (unpaired) electrons. The highest BCUT2D eigenvalue weighted by atomic mass is 16.5. The number of aliphatic hydroxyl groups is 1. The molecule has 0 aliphatic carbocycles. The van der Waals surface area contributed by atoms with E-state index in [0.717, 1.165) is 17.0 Å². The Bertz CT molecular complexity index is 578. The van der Waals surface area contributed by atoms with Crippen molar-refractivity contribution >= 4 is 0 Å². The van der Waals surface area contributed by atoms with Crippen LogP contribution in [0.3, 0.4) is 0 Å². The van der Waals surface area contributed by atoms with E-state index in [9.17, 15) is 5.11 Å². The van der Waals surface area contributed by atoms with Crippen molar-refractivity contribution in [2.75, 3.05) is 13.6 Å². The topological polar surface area (TPSA) is 49.5 Å². The van der Waals surface area contributed by atoms with E-state index in [1.165, 1.54) is 11.1 Å². The lowest BCUT2D eigenvalue weighted by molar-refractivity contribution is 0.122. The normalized spacial score (nSPS) is 12.9. The predicted octanol–water partition coefficient (Wildman–Crippen LogP) is 2.77. The van der Waals surface area contributed by atoms with Gasteiger partial charge in [0, 0.05) is 19.2 Å². The van der Waals surface area contributed by atoms with Crippen LogP contribution in [-0.2, 0) is 6.54 Å². The highest BCUT2D eigenvalue weighted by Crippen LogP contribution is 2.18. The minimum Gasteiger partial charge on any atom is -0.387 e. The predicted molar refractivity (Wildman–Crippen MR) is 78.4 cm³/mol. The SMILES string of the molecule is Cc1cc(CN(C)CC(O)c2ccc(C)c(C)c2)no1. The van der Waals surface area contributed by atoms with Crippen LogP contribution < -0.4 is 0 Å². The molecule has 1 heterocycles. The van der Waals surface area contributed by atoms with Crippen molar-refractivity contribution in [1.82, 2.24) is 10.1 Å². The molecule has 0 amide bonds. The van der Waals surface area contributed by atoms with Crippen LogP contribution in [0, 0.1) is 20.8 Å². The molecule has 1 aromatic carbocycles. The number of aliphatic hydroxyl groups excluding tert-OH is 1. The van der Waals surface area contributed by atoms with E-state index in [0.29, 0.717) is 13.1 Å². The zero-order valence-electron chi connectivity index (χ0n) is 12.6. The van der Waals surface area contributed by atoms with Gasteiger partial charge >= 0.3 is 0 Å². The van der Waals surface area contributed by atoms with E-state index < -0.39 is 6.10 Å². The number of hydrogen-bond acceptors (Lipinski definition) is 4. The zero-order valence-corrected chi connectivity index (χ0v) is 12.6. The third-order valence-electron chi connectivity index (χ3n) is 3.51. The summed E-state index contributed by atoms with van der Waals surface area (Å²) in [6.45, 7) is 7.24. The quantitative estimate of drug-likeness (QED) is 0.911. The molecule has 1 unspecified atom stereocenters. The van der Waals surface area contributed by atoms with Gasteiger partial charge in [0.05, 0.1) is 11.8 Å². The molecule has 4 heteroatoms. The van der Waals surface area contributed by atoms with Crippen LogP contribution in [0.4, 0.5) is 0 Å². The molecule has 0 fully saturated rings. The zero-order chi connectivity index (χ0) is 14.7. The Morgan fingerprint density at radius 2 is 1.95 bits per heavy atom. The van der Waals surface area contributed by atoms with Crippen molar-refractivity contribution in [2.24, 2.45) is 0 Å². The Hall–Kier alpha value is -1.65. The number of nitrogens with zero attached hydrogens (tertiary/aromatic N) is 2. The molecule has 2 rings (SSSR count). The van der Waals surface area contributed by atoms with Crippen LogP contribution in [0.25, 0.3) is 0 Å². The molecule has 0 aliphatic heterocycles. The smallest absolute Gasteiger partial charge is 0.133 e. The summed E-state index contributed by atoms with van der Waals surface area (Å²) in [4.78, 5) is 2.04. The van der Waals surface area contributed by atoms with E-state index in [-0.39, 0.29) is 0 Å². The van der Waals surface area contributed by atoms with E-state index in [2.05, 4.69) is 25.1 Å². The maximum atomic E-state index is 10.3. The summed E-state index contributed by atoms with van der Waals surface area (Å²) >= 11 is 0. The molecule has 4 nitrogen and oxygen atoms in total. The van der Waals surface area contributed by atoms with E-state index in [1.54, 1.807) is 0 Å². The molecule has 20 heavy (non-hydrogen) atoms. The molecule has 0 saturated heterocycles. The van der Waals surface area contributed by atoms with E-state index in [1.807, 2.05) is 37.1 Å². The van der Waals surface area contributed by atoms with Gasteiger partial charge < -0.3 is 9.63 Å². The van der Waals surface area contributed by atoms with Gasteiger partial charge in [-0.05, 0) is 44.5 Å². The largest absolute Gasteiger partial charge is 0.387 e. The Balaban J connectivity index is 1.96. The highest BCUT2D eigenvalue weighted by molar-refractivity contribution is 5.31. The van der Waals surface area contributed by atoms with Crippen molar-refractivity contribution in [3.05, 3.63) is 52.4 Å². The number of rotatable bonds is 5. The number of aromatic nitrogens is 1. The average molecular weight is 274 g/mol. The molecule has 2 aromatic rings. The molecule has 1 N–H and O–H groups in total. The summed E-state index contributed by atoms with van der Waals surface area (Å²) in [5.41, 5.74) is 4.29. The highest BCUT2D eigenvalue weighted by Gasteiger charge is 2.13. The van der Waals surface area contributed by atoms with Crippen LogP contribution in [-0.4, -0.2) is 28.8 Å². The fourth-order valence-electron chi connectivity index (χ4n) is 2.21. The van der Waals surface area contributed by atoms with Gasteiger partial charge in [0.25, 0.3) is 0 Å². The van der Waals surface area contributed by atoms with Crippen molar-refractivity contribution < 1.29 is 9.63 Å². The minimum absolute atomic E-state index is 0.493. The first-order valence-electron chi connectivity index (χ1n) is 6.81. The standard InChI is InChI=1S/C16H22N2O2/c1-11-5-6-14(7-12(11)2)16(19)10-18(4)9-15-8-13(3)20-17-15/h5-8,16,19H,9-10H2,1-4H3.